The molecule has 0 saturated heterocycles. The number of furan rings is 1. The first-order valence-corrected chi connectivity index (χ1v) is 6.90. The minimum atomic E-state index is -0.603. The lowest BCUT2D eigenvalue weighted by Crippen LogP contribution is -2.46. The van der Waals surface area contributed by atoms with E-state index >= 15 is 0 Å². The fraction of sp³-hybridized carbons (Fsp3) is 0.250. The van der Waals surface area contributed by atoms with Crippen LogP contribution in [0.4, 0.5) is 5.69 Å². The van der Waals surface area contributed by atoms with Crippen LogP contribution >= 0.6 is 0 Å². The van der Waals surface area contributed by atoms with Gasteiger partial charge in [0.25, 0.3) is 5.91 Å². The van der Waals surface area contributed by atoms with Crippen molar-refractivity contribution in [2.75, 3.05) is 11.4 Å². The van der Waals surface area contributed by atoms with Crippen molar-refractivity contribution in [2.24, 2.45) is 0 Å². The predicted molar refractivity (Wildman–Crippen MR) is 78.1 cm³/mol. The van der Waals surface area contributed by atoms with Crippen LogP contribution in [0.15, 0.2) is 47.1 Å². The number of para-hydroxylation sites is 1. The molecule has 2 amide bonds. The number of rotatable bonds is 3. The van der Waals surface area contributed by atoms with E-state index in [1.807, 2.05) is 24.3 Å². The standard InChI is InChI=1S/C16H16N2O3/c1-11(17-15(19)14-7-4-10-21-14)16(20)18-9-8-12-5-2-3-6-13(12)18/h2-7,10-11H,8-9H2,1H3,(H,17,19)/t11-/m0/s1. The van der Waals surface area contributed by atoms with E-state index in [9.17, 15) is 9.59 Å². The number of benzene rings is 1. The van der Waals surface area contributed by atoms with Gasteiger partial charge in [0.05, 0.1) is 6.26 Å². The van der Waals surface area contributed by atoms with Gasteiger partial charge in [-0.2, -0.15) is 0 Å². The molecule has 108 valence electrons. The van der Waals surface area contributed by atoms with Crippen molar-refractivity contribution in [2.45, 2.75) is 19.4 Å². The molecule has 1 N–H and O–H groups in total. The first kappa shape index (κ1) is 13.4. The van der Waals surface area contributed by atoms with E-state index in [-0.39, 0.29) is 17.6 Å². The summed E-state index contributed by atoms with van der Waals surface area (Å²) in [5, 5.41) is 2.67. The summed E-state index contributed by atoms with van der Waals surface area (Å²) in [5.74, 6) is -0.287. The summed E-state index contributed by atoms with van der Waals surface area (Å²) in [4.78, 5) is 26.1. The molecular weight excluding hydrogens is 268 g/mol. The Labute approximate surface area is 122 Å². The van der Waals surface area contributed by atoms with Crippen molar-refractivity contribution in [1.29, 1.82) is 0 Å². The van der Waals surface area contributed by atoms with Crippen LogP contribution in [0.25, 0.3) is 0 Å². The highest BCUT2D eigenvalue weighted by atomic mass is 16.3. The third-order valence-corrected chi connectivity index (χ3v) is 3.62. The van der Waals surface area contributed by atoms with Gasteiger partial charge in [-0.3, -0.25) is 9.59 Å². The van der Waals surface area contributed by atoms with Gasteiger partial charge in [0, 0.05) is 12.2 Å². The van der Waals surface area contributed by atoms with E-state index in [4.69, 9.17) is 4.42 Å². The van der Waals surface area contributed by atoms with Crippen LogP contribution < -0.4 is 10.2 Å². The van der Waals surface area contributed by atoms with E-state index in [0.29, 0.717) is 6.54 Å². The highest BCUT2D eigenvalue weighted by Gasteiger charge is 2.28. The summed E-state index contributed by atoms with van der Waals surface area (Å²) >= 11 is 0. The first-order valence-electron chi connectivity index (χ1n) is 6.90. The summed E-state index contributed by atoms with van der Waals surface area (Å²) in [6.07, 6.45) is 2.28. The van der Waals surface area contributed by atoms with Gasteiger partial charge < -0.3 is 14.6 Å². The fourth-order valence-electron chi connectivity index (χ4n) is 2.54. The zero-order valence-electron chi connectivity index (χ0n) is 11.7. The number of nitrogens with one attached hydrogen (secondary N) is 1. The molecule has 0 saturated carbocycles. The molecule has 1 aliphatic rings. The number of hydrogen-bond donors (Lipinski definition) is 1. The summed E-state index contributed by atoms with van der Waals surface area (Å²) in [5.41, 5.74) is 2.09. The zero-order chi connectivity index (χ0) is 14.8. The third kappa shape index (κ3) is 2.54. The molecule has 21 heavy (non-hydrogen) atoms. The van der Waals surface area contributed by atoms with Gasteiger partial charge in [-0.15, -0.1) is 0 Å². The Morgan fingerprint density at radius 1 is 1.24 bits per heavy atom. The Bertz CT molecular complexity index is 664. The average Bonchev–Trinajstić information content (AvgIpc) is 3.15. The fourth-order valence-corrected chi connectivity index (χ4v) is 2.54. The smallest absolute Gasteiger partial charge is 0.287 e. The van der Waals surface area contributed by atoms with Gasteiger partial charge in [0.1, 0.15) is 6.04 Å². The molecule has 1 aliphatic heterocycles. The lowest BCUT2D eigenvalue weighted by atomic mass is 10.2. The zero-order valence-corrected chi connectivity index (χ0v) is 11.7. The van der Waals surface area contributed by atoms with Crippen molar-refractivity contribution < 1.29 is 14.0 Å². The maximum absolute atomic E-state index is 12.5. The van der Waals surface area contributed by atoms with Gasteiger partial charge >= 0.3 is 0 Å². The largest absolute Gasteiger partial charge is 0.459 e. The molecule has 0 fully saturated rings. The topological polar surface area (TPSA) is 62.6 Å². The van der Waals surface area contributed by atoms with E-state index in [0.717, 1.165) is 17.7 Å². The molecule has 2 heterocycles. The second-order valence-corrected chi connectivity index (χ2v) is 5.04. The van der Waals surface area contributed by atoms with Crippen LogP contribution in [0.2, 0.25) is 0 Å². The Morgan fingerprint density at radius 2 is 2.05 bits per heavy atom. The maximum atomic E-state index is 12.5. The minimum absolute atomic E-state index is 0.111. The summed E-state index contributed by atoms with van der Waals surface area (Å²) in [6, 6.07) is 10.4. The van der Waals surface area contributed by atoms with Crippen LogP contribution in [-0.4, -0.2) is 24.4 Å². The van der Waals surface area contributed by atoms with Crippen molar-refractivity contribution in [3.05, 3.63) is 54.0 Å². The number of fused-ring (bicyclic) bond motifs is 1. The molecule has 3 rings (SSSR count). The second kappa shape index (κ2) is 5.44. The number of amides is 2. The van der Waals surface area contributed by atoms with Crippen LogP contribution in [-0.2, 0) is 11.2 Å². The quantitative estimate of drug-likeness (QED) is 0.937. The minimum Gasteiger partial charge on any atom is -0.459 e. The number of nitrogens with zero attached hydrogens (tertiary/aromatic N) is 1. The summed E-state index contributed by atoms with van der Waals surface area (Å²) < 4.78 is 5.02. The van der Waals surface area contributed by atoms with E-state index in [1.54, 1.807) is 24.0 Å². The van der Waals surface area contributed by atoms with Crippen LogP contribution in [0.3, 0.4) is 0 Å². The van der Waals surface area contributed by atoms with Crippen LogP contribution in [0.5, 0.6) is 0 Å². The number of carbonyl (C=O) groups excluding carboxylic acids is 2. The summed E-state index contributed by atoms with van der Waals surface area (Å²) in [6.45, 7) is 2.34. The van der Waals surface area contributed by atoms with Gasteiger partial charge in [-0.25, -0.2) is 0 Å². The molecule has 2 aromatic rings. The number of anilines is 1. The number of carbonyl (C=O) groups is 2. The SMILES string of the molecule is C[C@H](NC(=O)c1ccco1)C(=O)N1CCc2ccccc21. The third-order valence-electron chi connectivity index (χ3n) is 3.62. The second-order valence-electron chi connectivity index (χ2n) is 5.04. The van der Waals surface area contributed by atoms with E-state index in [1.165, 1.54) is 6.26 Å². The van der Waals surface area contributed by atoms with Crippen molar-refractivity contribution in [3.8, 4) is 0 Å². The normalized spacial score (nSPS) is 14.6. The average molecular weight is 284 g/mol. The van der Waals surface area contributed by atoms with Crippen LogP contribution in [0, 0.1) is 0 Å². The Balaban J connectivity index is 1.70. The molecule has 0 unspecified atom stereocenters. The molecule has 1 atom stereocenters. The molecular formula is C16H16N2O3. The van der Waals surface area contributed by atoms with Crippen LogP contribution in [0.1, 0.15) is 23.0 Å². The Morgan fingerprint density at radius 3 is 2.81 bits per heavy atom. The highest BCUT2D eigenvalue weighted by molar-refractivity contribution is 6.02. The van der Waals surface area contributed by atoms with E-state index in [2.05, 4.69) is 5.32 Å². The molecule has 0 bridgehead atoms. The molecule has 0 aliphatic carbocycles. The molecule has 1 aromatic heterocycles. The lowest BCUT2D eigenvalue weighted by Gasteiger charge is -2.22. The molecule has 0 radical (unpaired) electrons. The van der Waals surface area contributed by atoms with Gasteiger partial charge in [-0.1, -0.05) is 18.2 Å². The van der Waals surface area contributed by atoms with Crippen molar-refractivity contribution in [1.82, 2.24) is 5.32 Å². The van der Waals surface area contributed by atoms with Gasteiger partial charge in [-0.05, 0) is 37.1 Å². The molecule has 1 aromatic carbocycles. The maximum Gasteiger partial charge on any atom is 0.287 e. The monoisotopic (exact) mass is 284 g/mol. The first-order chi connectivity index (χ1) is 10.2. The Hall–Kier alpha value is -2.56. The predicted octanol–water partition coefficient (Wildman–Crippen LogP) is 1.99. The number of hydrogen-bond acceptors (Lipinski definition) is 3. The van der Waals surface area contributed by atoms with Crippen molar-refractivity contribution in [3.63, 3.8) is 0 Å². The molecule has 5 nitrogen and oxygen atoms in total. The van der Waals surface area contributed by atoms with Gasteiger partial charge in [0.2, 0.25) is 5.91 Å². The molecule has 0 spiro atoms. The Kier molecular flexibility index (Phi) is 3.48. The van der Waals surface area contributed by atoms with Gasteiger partial charge in [0.15, 0.2) is 5.76 Å². The summed E-state index contributed by atoms with van der Waals surface area (Å²) in [7, 11) is 0. The lowest BCUT2D eigenvalue weighted by molar-refractivity contribution is -0.119. The highest BCUT2D eigenvalue weighted by Crippen LogP contribution is 2.27. The van der Waals surface area contributed by atoms with Crippen molar-refractivity contribution >= 4 is 17.5 Å². The van der Waals surface area contributed by atoms with E-state index < -0.39 is 6.04 Å². The molecule has 5 heteroatoms.